The third-order valence-electron chi connectivity index (χ3n) is 1.17. The predicted octanol–water partition coefficient (Wildman–Crippen LogP) is -1.13. The highest BCUT2D eigenvalue weighted by Crippen LogP contribution is 1.97. The first-order valence-corrected chi connectivity index (χ1v) is 5.07. The Morgan fingerprint density at radius 2 is 1.85 bits per heavy atom. The third kappa shape index (κ3) is 9.71. The zero-order valence-corrected chi connectivity index (χ0v) is 8.78. The fraction of sp³-hybridized carbons (Fsp3) is 1.00. The minimum atomic E-state index is -4.44. The minimum Gasteiger partial charge on any atom is -0.385 e. The molecule has 0 fully saturated rings. The number of rotatable bonds is 5. The van der Waals surface area contributed by atoms with E-state index < -0.39 is 23.1 Å². The maximum atomic E-state index is 10.1. The molecule has 0 aromatic heterocycles. The van der Waals surface area contributed by atoms with Crippen molar-refractivity contribution in [2.24, 2.45) is 0 Å². The van der Waals surface area contributed by atoms with Crippen molar-refractivity contribution in [1.82, 2.24) is 0 Å². The largest absolute Gasteiger partial charge is 0.397 e. The van der Waals surface area contributed by atoms with Crippen LogP contribution in [0.5, 0.6) is 0 Å². The fourth-order valence-electron chi connectivity index (χ4n) is 0.849. The van der Waals surface area contributed by atoms with Gasteiger partial charge in [-0.15, -0.1) is 0 Å². The monoisotopic (exact) mass is 214 g/mol. The summed E-state index contributed by atoms with van der Waals surface area (Å²) in [5.74, 6) is 0. The van der Waals surface area contributed by atoms with Gasteiger partial charge in [-0.3, -0.25) is 4.55 Å². The standard InChI is InChI=1S/C6H15NO5S/c1-7(2,3)4-6(8)5-12-13(9,10)11/h6,8H,4-5H2,1-3H3/p+1. The molecule has 0 heterocycles. The van der Waals surface area contributed by atoms with Crippen LogP contribution < -0.4 is 0 Å². The Morgan fingerprint density at radius 1 is 1.38 bits per heavy atom. The Bertz CT molecular complexity index is 242. The molecule has 0 aliphatic heterocycles. The van der Waals surface area contributed by atoms with Crippen molar-refractivity contribution in [1.29, 1.82) is 0 Å². The first kappa shape index (κ1) is 12.8. The van der Waals surface area contributed by atoms with Gasteiger partial charge in [-0.25, -0.2) is 4.18 Å². The van der Waals surface area contributed by atoms with Gasteiger partial charge in [0.25, 0.3) is 0 Å². The van der Waals surface area contributed by atoms with Gasteiger partial charge in [0.15, 0.2) is 0 Å². The molecule has 0 aromatic rings. The summed E-state index contributed by atoms with van der Waals surface area (Å²) in [4.78, 5) is 0. The van der Waals surface area contributed by atoms with E-state index in [-0.39, 0.29) is 0 Å². The van der Waals surface area contributed by atoms with Gasteiger partial charge in [-0.05, 0) is 0 Å². The molecule has 0 saturated heterocycles. The molecule has 1 atom stereocenters. The molecule has 6 nitrogen and oxygen atoms in total. The second-order valence-electron chi connectivity index (χ2n) is 3.84. The van der Waals surface area contributed by atoms with Gasteiger partial charge in [0.1, 0.15) is 19.3 Å². The van der Waals surface area contributed by atoms with Gasteiger partial charge < -0.3 is 9.59 Å². The third-order valence-corrected chi connectivity index (χ3v) is 1.60. The summed E-state index contributed by atoms with van der Waals surface area (Å²) >= 11 is 0. The van der Waals surface area contributed by atoms with Crippen molar-refractivity contribution in [3.05, 3.63) is 0 Å². The summed E-state index contributed by atoms with van der Waals surface area (Å²) in [5.41, 5.74) is 0. The number of quaternary nitrogens is 1. The van der Waals surface area contributed by atoms with Crippen molar-refractivity contribution >= 4 is 10.4 Å². The lowest BCUT2D eigenvalue weighted by Crippen LogP contribution is -2.43. The molecule has 0 aliphatic carbocycles. The van der Waals surface area contributed by atoms with Gasteiger partial charge in [-0.2, -0.15) is 8.42 Å². The molecule has 0 saturated carbocycles. The van der Waals surface area contributed by atoms with Crippen LogP contribution in [-0.2, 0) is 14.6 Å². The van der Waals surface area contributed by atoms with Crippen LogP contribution in [-0.4, -0.2) is 63.0 Å². The van der Waals surface area contributed by atoms with Gasteiger partial charge >= 0.3 is 10.4 Å². The average Bonchev–Trinajstić information content (AvgIpc) is 1.78. The van der Waals surface area contributed by atoms with Crippen LogP contribution in [0.2, 0.25) is 0 Å². The molecule has 0 aliphatic rings. The maximum absolute atomic E-state index is 10.1. The zero-order valence-electron chi connectivity index (χ0n) is 7.97. The maximum Gasteiger partial charge on any atom is 0.397 e. The number of aliphatic hydroxyl groups excluding tert-OH is 1. The normalized spacial score (nSPS) is 15.8. The van der Waals surface area contributed by atoms with E-state index in [9.17, 15) is 13.5 Å². The molecule has 0 radical (unpaired) electrons. The lowest BCUT2D eigenvalue weighted by molar-refractivity contribution is -0.873. The SMILES string of the molecule is C[N+](C)(C)CC(O)COS(=O)(=O)O. The van der Waals surface area contributed by atoms with E-state index in [1.807, 2.05) is 21.1 Å². The Kier molecular flexibility index (Phi) is 4.27. The quantitative estimate of drug-likeness (QED) is 0.447. The van der Waals surface area contributed by atoms with Gasteiger partial charge in [0, 0.05) is 0 Å². The van der Waals surface area contributed by atoms with Crippen molar-refractivity contribution in [2.45, 2.75) is 6.10 Å². The highest BCUT2D eigenvalue weighted by molar-refractivity contribution is 7.80. The van der Waals surface area contributed by atoms with Crippen molar-refractivity contribution in [2.75, 3.05) is 34.3 Å². The van der Waals surface area contributed by atoms with E-state index in [0.717, 1.165) is 0 Å². The molecule has 0 bridgehead atoms. The number of hydrogen-bond acceptors (Lipinski definition) is 4. The van der Waals surface area contributed by atoms with E-state index in [0.29, 0.717) is 11.0 Å². The zero-order chi connectivity index (χ0) is 10.7. The molecule has 0 amide bonds. The lowest BCUT2D eigenvalue weighted by atomic mass is 10.3. The van der Waals surface area contributed by atoms with Gasteiger partial charge in [0.05, 0.1) is 21.1 Å². The second-order valence-corrected chi connectivity index (χ2v) is 4.93. The fourth-order valence-corrected chi connectivity index (χ4v) is 1.18. The van der Waals surface area contributed by atoms with Crippen LogP contribution in [0.25, 0.3) is 0 Å². The van der Waals surface area contributed by atoms with Crippen LogP contribution in [0.4, 0.5) is 0 Å². The van der Waals surface area contributed by atoms with Crippen LogP contribution in [0, 0.1) is 0 Å². The first-order chi connectivity index (χ1) is 5.60. The summed E-state index contributed by atoms with van der Waals surface area (Å²) < 4.78 is 32.9. The van der Waals surface area contributed by atoms with Crippen molar-refractivity contribution in [3.8, 4) is 0 Å². The summed E-state index contributed by atoms with van der Waals surface area (Å²) in [5, 5.41) is 9.23. The first-order valence-electron chi connectivity index (χ1n) is 3.70. The Balaban J connectivity index is 3.84. The molecule has 0 aromatic carbocycles. The van der Waals surface area contributed by atoms with Crippen LogP contribution in [0.1, 0.15) is 0 Å². The number of likely N-dealkylation sites (N-methyl/N-ethyl adjacent to an activating group) is 1. The predicted molar refractivity (Wildman–Crippen MR) is 46.4 cm³/mol. The number of aliphatic hydroxyl groups is 1. The number of nitrogens with zero attached hydrogens (tertiary/aromatic N) is 1. The van der Waals surface area contributed by atoms with Gasteiger partial charge in [-0.1, -0.05) is 0 Å². The van der Waals surface area contributed by atoms with E-state index in [4.69, 9.17) is 4.55 Å². The van der Waals surface area contributed by atoms with Crippen LogP contribution in [0.3, 0.4) is 0 Å². The highest BCUT2D eigenvalue weighted by atomic mass is 32.3. The topological polar surface area (TPSA) is 83.8 Å². The van der Waals surface area contributed by atoms with Crippen LogP contribution in [0.15, 0.2) is 0 Å². The van der Waals surface area contributed by atoms with E-state index in [1.54, 1.807) is 0 Å². The average molecular weight is 214 g/mol. The molecular weight excluding hydrogens is 198 g/mol. The Morgan fingerprint density at radius 3 is 2.15 bits per heavy atom. The highest BCUT2D eigenvalue weighted by Gasteiger charge is 2.17. The molecule has 2 N–H and O–H groups in total. The second kappa shape index (κ2) is 4.34. The molecule has 1 unspecified atom stereocenters. The van der Waals surface area contributed by atoms with Crippen molar-refractivity contribution < 1.29 is 26.7 Å². The van der Waals surface area contributed by atoms with Crippen molar-refractivity contribution in [3.63, 3.8) is 0 Å². The smallest absolute Gasteiger partial charge is 0.385 e. The molecular formula is C6H16NO5S+. The van der Waals surface area contributed by atoms with Gasteiger partial charge in [0.2, 0.25) is 0 Å². The van der Waals surface area contributed by atoms with E-state index in [1.165, 1.54) is 0 Å². The van der Waals surface area contributed by atoms with Crippen LogP contribution >= 0.6 is 0 Å². The van der Waals surface area contributed by atoms with E-state index in [2.05, 4.69) is 4.18 Å². The summed E-state index contributed by atoms with van der Waals surface area (Å²) in [7, 11) is 1.09. The molecule has 13 heavy (non-hydrogen) atoms. The molecule has 0 spiro atoms. The Labute approximate surface area is 78.3 Å². The summed E-state index contributed by atoms with van der Waals surface area (Å²) in [6, 6.07) is 0. The minimum absolute atomic E-state index is 0.343. The van der Waals surface area contributed by atoms with E-state index >= 15 is 0 Å². The molecule has 80 valence electrons. The Hall–Kier alpha value is -0.210. The summed E-state index contributed by atoms with van der Waals surface area (Å²) in [6.07, 6.45) is -0.915. The summed E-state index contributed by atoms with van der Waals surface area (Å²) in [6.45, 7) is -0.0795. The molecule has 7 heteroatoms. The lowest BCUT2D eigenvalue weighted by Gasteiger charge is -2.26. The molecule has 0 rings (SSSR count). The number of hydrogen-bond donors (Lipinski definition) is 2.